The van der Waals surface area contributed by atoms with Crippen molar-refractivity contribution in [3.8, 4) is 0 Å². The van der Waals surface area contributed by atoms with Gasteiger partial charge in [-0.3, -0.25) is 0 Å². The van der Waals surface area contributed by atoms with E-state index in [0.29, 0.717) is 0 Å². The van der Waals surface area contributed by atoms with Crippen LogP contribution in [0.4, 0.5) is 0 Å². The lowest BCUT2D eigenvalue weighted by Gasteiger charge is -2.17. The summed E-state index contributed by atoms with van der Waals surface area (Å²) in [4.78, 5) is 0. The van der Waals surface area contributed by atoms with Crippen molar-refractivity contribution in [1.29, 1.82) is 0 Å². The van der Waals surface area contributed by atoms with Crippen LogP contribution in [0, 0.1) is 11.8 Å². The Kier molecular flexibility index (Phi) is 10.3. The molecule has 1 aromatic carbocycles. The molecular weight excluding hydrogens is 252 g/mol. The van der Waals surface area contributed by atoms with Gasteiger partial charge >= 0.3 is 0 Å². The SMILES string of the molecule is CCCCCCCC(C)CC(C)CCCc1ccccc1. The van der Waals surface area contributed by atoms with E-state index in [2.05, 4.69) is 51.1 Å². The first-order valence-electron chi connectivity index (χ1n) is 9.26. The Balaban J connectivity index is 2.03. The molecule has 0 fully saturated rings. The van der Waals surface area contributed by atoms with Crippen LogP contribution >= 0.6 is 0 Å². The van der Waals surface area contributed by atoms with E-state index in [4.69, 9.17) is 0 Å². The van der Waals surface area contributed by atoms with Crippen LogP contribution < -0.4 is 0 Å². The normalized spacial score (nSPS) is 14.0. The average Bonchev–Trinajstić information content (AvgIpc) is 2.48. The van der Waals surface area contributed by atoms with E-state index in [0.717, 1.165) is 11.8 Å². The second-order valence-electron chi connectivity index (χ2n) is 7.03. The molecule has 0 heteroatoms. The van der Waals surface area contributed by atoms with Crippen molar-refractivity contribution >= 4 is 0 Å². The monoisotopic (exact) mass is 288 g/mol. The second-order valence-corrected chi connectivity index (χ2v) is 7.03. The minimum Gasteiger partial charge on any atom is -0.0654 e. The van der Waals surface area contributed by atoms with E-state index in [1.165, 1.54) is 69.8 Å². The molecule has 2 unspecified atom stereocenters. The van der Waals surface area contributed by atoms with Gasteiger partial charge in [0.2, 0.25) is 0 Å². The number of rotatable bonds is 12. The van der Waals surface area contributed by atoms with Gasteiger partial charge in [-0.05, 0) is 36.7 Å². The zero-order chi connectivity index (χ0) is 15.3. The van der Waals surface area contributed by atoms with Crippen molar-refractivity contribution < 1.29 is 0 Å². The predicted octanol–water partition coefficient (Wildman–Crippen LogP) is 7.03. The summed E-state index contributed by atoms with van der Waals surface area (Å²) in [7, 11) is 0. The summed E-state index contributed by atoms with van der Waals surface area (Å²) in [5.74, 6) is 1.80. The highest BCUT2D eigenvalue weighted by atomic mass is 14.1. The van der Waals surface area contributed by atoms with Gasteiger partial charge in [0.15, 0.2) is 0 Å². The minimum atomic E-state index is 0.888. The van der Waals surface area contributed by atoms with Gasteiger partial charge in [0.25, 0.3) is 0 Å². The Bertz CT molecular complexity index is 327. The Hall–Kier alpha value is -0.780. The Morgan fingerprint density at radius 3 is 2.05 bits per heavy atom. The highest BCUT2D eigenvalue weighted by Gasteiger charge is 2.08. The van der Waals surface area contributed by atoms with Crippen LogP contribution in [0.1, 0.15) is 84.1 Å². The van der Waals surface area contributed by atoms with Crippen LogP contribution in [-0.2, 0) is 6.42 Å². The summed E-state index contributed by atoms with van der Waals surface area (Å²) in [6, 6.07) is 10.9. The molecule has 0 heterocycles. The number of hydrogen-bond acceptors (Lipinski definition) is 0. The molecule has 1 rings (SSSR count). The molecule has 0 aliphatic rings. The third-order valence-electron chi connectivity index (χ3n) is 4.61. The third-order valence-corrected chi connectivity index (χ3v) is 4.61. The first kappa shape index (κ1) is 18.3. The lowest BCUT2D eigenvalue weighted by atomic mass is 9.89. The van der Waals surface area contributed by atoms with Gasteiger partial charge in [-0.2, -0.15) is 0 Å². The van der Waals surface area contributed by atoms with E-state index >= 15 is 0 Å². The van der Waals surface area contributed by atoms with Gasteiger partial charge < -0.3 is 0 Å². The van der Waals surface area contributed by atoms with Gasteiger partial charge in [-0.15, -0.1) is 0 Å². The molecular formula is C21H36. The molecule has 0 aliphatic carbocycles. The molecule has 1 aromatic rings. The molecule has 0 radical (unpaired) electrons. The third kappa shape index (κ3) is 9.72. The summed E-state index contributed by atoms with van der Waals surface area (Å²) in [6.45, 7) is 7.19. The molecule has 0 aromatic heterocycles. The van der Waals surface area contributed by atoms with E-state index in [1.807, 2.05) is 0 Å². The second kappa shape index (κ2) is 11.8. The fourth-order valence-corrected chi connectivity index (χ4v) is 3.32. The lowest BCUT2D eigenvalue weighted by molar-refractivity contribution is 0.361. The Morgan fingerprint density at radius 2 is 1.38 bits per heavy atom. The summed E-state index contributed by atoms with van der Waals surface area (Å²) >= 11 is 0. The highest BCUT2D eigenvalue weighted by molar-refractivity contribution is 5.14. The molecule has 2 atom stereocenters. The highest BCUT2D eigenvalue weighted by Crippen LogP contribution is 2.22. The molecule has 120 valence electrons. The number of aryl methyl sites for hydroxylation is 1. The van der Waals surface area contributed by atoms with Crippen molar-refractivity contribution in [2.75, 3.05) is 0 Å². The van der Waals surface area contributed by atoms with Gasteiger partial charge in [0.05, 0.1) is 0 Å². The van der Waals surface area contributed by atoms with Crippen molar-refractivity contribution in [3.05, 3.63) is 35.9 Å². The topological polar surface area (TPSA) is 0 Å². The number of hydrogen-bond donors (Lipinski definition) is 0. The minimum absolute atomic E-state index is 0.888. The molecule has 0 aliphatic heterocycles. The van der Waals surface area contributed by atoms with Gasteiger partial charge in [0.1, 0.15) is 0 Å². The molecule has 0 amide bonds. The van der Waals surface area contributed by atoms with Crippen molar-refractivity contribution in [2.45, 2.75) is 85.0 Å². The van der Waals surface area contributed by atoms with Crippen LogP contribution in [0.2, 0.25) is 0 Å². The van der Waals surface area contributed by atoms with Gasteiger partial charge in [0, 0.05) is 0 Å². The maximum atomic E-state index is 2.45. The standard InChI is InChI=1S/C21H36/c1-4-5-6-7-9-13-19(2)18-20(3)14-12-17-21-15-10-8-11-16-21/h8,10-11,15-16,19-20H,4-7,9,12-14,17-18H2,1-3H3. The van der Waals surface area contributed by atoms with Crippen molar-refractivity contribution in [2.24, 2.45) is 11.8 Å². The first-order chi connectivity index (χ1) is 10.2. The predicted molar refractivity (Wildman–Crippen MR) is 95.7 cm³/mol. The lowest BCUT2D eigenvalue weighted by Crippen LogP contribution is -2.04. The maximum absolute atomic E-state index is 2.45. The Morgan fingerprint density at radius 1 is 0.762 bits per heavy atom. The van der Waals surface area contributed by atoms with Crippen LogP contribution in [0.5, 0.6) is 0 Å². The van der Waals surface area contributed by atoms with Crippen LogP contribution in [0.15, 0.2) is 30.3 Å². The molecule has 0 saturated carbocycles. The van der Waals surface area contributed by atoms with E-state index in [-0.39, 0.29) is 0 Å². The maximum Gasteiger partial charge on any atom is -0.0279 e. The quantitative estimate of drug-likeness (QED) is 0.362. The van der Waals surface area contributed by atoms with Crippen molar-refractivity contribution in [1.82, 2.24) is 0 Å². The summed E-state index contributed by atoms with van der Waals surface area (Å²) in [6.07, 6.45) is 13.9. The largest absolute Gasteiger partial charge is 0.0654 e. The van der Waals surface area contributed by atoms with Gasteiger partial charge in [-0.25, -0.2) is 0 Å². The van der Waals surface area contributed by atoms with Crippen LogP contribution in [0.25, 0.3) is 0 Å². The molecule has 0 N–H and O–H groups in total. The van der Waals surface area contributed by atoms with E-state index in [1.54, 1.807) is 0 Å². The Labute approximate surface area is 133 Å². The number of benzene rings is 1. The van der Waals surface area contributed by atoms with Crippen LogP contribution in [0.3, 0.4) is 0 Å². The van der Waals surface area contributed by atoms with Crippen molar-refractivity contribution in [3.63, 3.8) is 0 Å². The summed E-state index contributed by atoms with van der Waals surface area (Å²) < 4.78 is 0. The average molecular weight is 289 g/mol. The smallest absolute Gasteiger partial charge is 0.0279 e. The number of unbranched alkanes of at least 4 members (excludes halogenated alkanes) is 4. The molecule has 0 saturated heterocycles. The zero-order valence-corrected chi connectivity index (χ0v) is 14.6. The molecule has 21 heavy (non-hydrogen) atoms. The molecule has 0 nitrogen and oxygen atoms in total. The summed E-state index contributed by atoms with van der Waals surface area (Å²) in [5.41, 5.74) is 1.49. The van der Waals surface area contributed by atoms with Crippen LogP contribution in [-0.4, -0.2) is 0 Å². The van der Waals surface area contributed by atoms with E-state index in [9.17, 15) is 0 Å². The fraction of sp³-hybridized carbons (Fsp3) is 0.714. The van der Waals surface area contributed by atoms with Gasteiger partial charge in [-0.1, -0.05) is 96.0 Å². The first-order valence-corrected chi connectivity index (χ1v) is 9.26. The fourth-order valence-electron chi connectivity index (χ4n) is 3.32. The van der Waals surface area contributed by atoms with E-state index < -0.39 is 0 Å². The molecule has 0 bridgehead atoms. The summed E-state index contributed by atoms with van der Waals surface area (Å²) in [5, 5.41) is 0. The zero-order valence-electron chi connectivity index (χ0n) is 14.6. The molecule has 0 spiro atoms.